The molecule has 2 aromatic heterocycles. The van der Waals surface area contributed by atoms with Gasteiger partial charge in [-0.3, -0.25) is 0 Å². The molecule has 3 aliphatic heterocycles. The van der Waals surface area contributed by atoms with Gasteiger partial charge in [0.2, 0.25) is 0 Å². The number of hydrogen-bond donors (Lipinski definition) is 0. The van der Waals surface area contributed by atoms with E-state index in [0.717, 1.165) is 47.9 Å². The van der Waals surface area contributed by atoms with Gasteiger partial charge in [-0.2, -0.15) is 5.10 Å². The molecule has 29 heavy (non-hydrogen) atoms. The third kappa shape index (κ3) is 4.03. The Labute approximate surface area is 173 Å². The van der Waals surface area contributed by atoms with E-state index in [-0.39, 0.29) is 0 Å². The van der Waals surface area contributed by atoms with E-state index in [1.165, 1.54) is 58.5 Å². The summed E-state index contributed by atoms with van der Waals surface area (Å²) >= 11 is 0. The second-order valence-corrected chi connectivity index (χ2v) is 9.16. The number of rotatable bonds is 5. The lowest BCUT2D eigenvalue weighted by Gasteiger charge is -2.29. The lowest BCUT2D eigenvalue weighted by molar-refractivity contribution is 0.192. The average Bonchev–Trinajstić information content (AvgIpc) is 3.40. The normalized spacial score (nSPS) is 25.7. The van der Waals surface area contributed by atoms with Gasteiger partial charge in [0, 0.05) is 51.0 Å². The number of fused-ring (bicyclic) bond motifs is 1. The van der Waals surface area contributed by atoms with E-state index in [2.05, 4.69) is 48.8 Å². The maximum atomic E-state index is 4.58. The summed E-state index contributed by atoms with van der Waals surface area (Å²) in [7, 11) is 0. The quantitative estimate of drug-likeness (QED) is 0.773. The van der Waals surface area contributed by atoms with Gasteiger partial charge in [-0.1, -0.05) is 6.42 Å². The van der Waals surface area contributed by atoms with Crippen molar-refractivity contribution >= 4 is 5.82 Å². The molecular weight excluding hydrogens is 362 g/mol. The first-order valence-corrected chi connectivity index (χ1v) is 11.2. The summed E-state index contributed by atoms with van der Waals surface area (Å²) in [5.74, 6) is 3.43. The summed E-state index contributed by atoms with van der Waals surface area (Å²) < 4.78 is 1.92. The highest BCUT2D eigenvalue weighted by Crippen LogP contribution is 2.33. The number of piperidine rings is 1. The van der Waals surface area contributed by atoms with Gasteiger partial charge in [-0.15, -0.1) is 0 Å². The van der Waals surface area contributed by atoms with Crippen LogP contribution in [-0.4, -0.2) is 81.9 Å². The molecule has 0 spiro atoms. The Balaban J connectivity index is 1.18. The van der Waals surface area contributed by atoms with Crippen molar-refractivity contribution in [2.75, 3.05) is 57.3 Å². The summed E-state index contributed by atoms with van der Waals surface area (Å²) in [6, 6.07) is 4.18. The van der Waals surface area contributed by atoms with E-state index in [1.54, 1.807) is 6.33 Å². The van der Waals surface area contributed by atoms with Crippen LogP contribution in [0.2, 0.25) is 0 Å². The van der Waals surface area contributed by atoms with Gasteiger partial charge in [0.05, 0.1) is 5.69 Å². The molecule has 5 heterocycles. The number of nitrogens with zero attached hydrogens (tertiary/aromatic N) is 7. The maximum Gasteiger partial charge on any atom is 0.159 e. The number of aryl methyl sites for hydroxylation is 2. The molecule has 2 unspecified atom stereocenters. The molecule has 2 atom stereocenters. The molecule has 7 heteroatoms. The molecule has 3 saturated heterocycles. The molecule has 0 radical (unpaired) electrons. The SMILES string of the molecule is Cc1cc(C)n(-c2cc(N3CC4CN(CCN5CCCCC5)CC4C3)ncn2)n1. The minimum atomic E-state index is 0.767. The third-order valence-corrected chi connectivity index (χ3v) is 6.93. The van der Waals surface area contributed by atoms with Gasteiger partial charge >= 0.3 is 0 Å². The molecule has 2 aromatic rings. The molecule has 0 aromatic carbocycles. The van der Waals surface area contributed by atoms with E-state index in [9.17, 15) is 0 Å². The van der Waals surface area contributed by atoms with Crippen LogP contribution in [0.5, 0.6) is 0 Å². The number of hydrogen-bond acceptors (Lipinski definition) is 6. The van der Waals surface area contributed by atoms with Crippen LogP contribution >= 0.6 is 0 Å². The predicted octanol–water partition coefficient (Wildman–Crippen LogP) is 2.13. The van der Waals surface area contributed by atoms with Crippen molar-refractivity contribution in [3.05, 3.63) is 29.8 Å². The minimum Gasteiger partial charge on any atom is -0.356 e. The van der Waals surface area contributed by atoms with Crippen LogP contribution < -0.4 is 4.90 Å². The topological polar surface area (TPSA) is 53.3 Å². The van der Waals surface area contributed by atoms with E-state index in [4.69, 9.17) is 0 Å². The standard InChI is InChI=1S/C22H33N7/c1-17-10-18(2)29(25-17)22-11-21(23-16-24-22)28-14-19-12-27(13-20(19)15-28)9-8-26-6-4-3-5-7-26/h10-11,16,19-20H,3-9,12-15H2,1-2H3. The van der Waals surface area contributed by atoms with Crippen LogP contribution in [0.1, 0.15) is 30.7 Å². The largest absolute Gasteiger partial charge is 0.356 e. The highest BCUT2D eigenvalue weighted by atomic mass is 15.3. The fourth-order valence-corrected chi connectivity index (χ4v) is 5.41. The van der Waals surface area contributed by atoms with Crippen molar-refractivity contribution in [1.82, 2.24) is 29.5 Å². The fourth-order valence-electron chi connectivity index (χ4n) is 5.41. The number of anilines is 1. The van der Waals surface area contributed by atoms with Crippen LogP contribution in [-0.2, 0) is 0 Å². The second-order valence-electron chi connectivity index (χ2n) is 9.16. The Kier molecular flexibility index (Phi) is 5.26. The van der Waals surface area contributed by atoms with Crippen LogP contribution in [0, 0.1) is 25.7 Å². The Morgan fingerprint density at radius 2 is 1.52 bits per heavy atom. The number of aromatic nitrogens is 4. The van der Waals surface area contributed by atoms with Gasteiger partial charge in [-0.05, 0) is 57.7 Å². The van der Waals surface area contributed by atoms with E-state index in [1.807, 2.05) is 11.6 Å². The van der Waals surface area contributed by atoms with Gasteiger partial charge in [0.25, 0.3) is 0 Å². The van der Waals surface area contributed by atoms with Crippen molar-refractivity contribution in [3.8, 4) is 5.82 Å². The Morgan fingerprint density at radius 3 is 2.21 bits per heavy atom. The first-order valence-electron chi connectivity index (χ1n) is 11.2. The third-order valence-electron chi connectivity index (χ3n) is 6.93. The zero-order valence-corrected chi connectivity index (χ0v) is 17.8. The van der Waals surface area contributed by atoms with Crippen LogP contribution in [0.3, 0.4) is 0 Å². The highest BCUT2D eigenvalue weighted by Gasteiger charge is 2.40. The molecule has 5 rings (SSSR count). The Morgan fingerprint density at radius 1 is 0.828 bits per heavy atom. The molecule has 0 bridgehead atoms. The summed E-state index contributed by atoms with van der Waals surface area (Å²) in [4.78, 5) is 16.8. The summed E-state index contributed by atoms with van der Waals surface area (Å²) in [6.45, 7) is 13.9. The monoisotopic (exact) mass is 395 g/mol. The summed E-state index contributed by atoms with van der Waals surface area (Å²) in [6.07, 6.45) is 5.88. The smallest absolute Gasteiger partial charge is 0.159 e. The predicted molar refractivity (Wildman–Crippen MR) is 115 cm³/mol. The molecule has 7 nitrogen and oxygen atoms in total. The van der Waals surface area contributed by atoms with Crippen LogP contribution in [0.15, 0.2) is 18.5 Å². The highest BCUT2D eigenvalue weighted by molar-refractivity contribution is 5.45. The van der Waals surface area contributed by atoms with Crippen molar-refractivity contribution in [1.29, 1.82) is 0 Å². The Bertz CT molecular complexity index is 827. The molecule has 156 valence electrons. The van der Waals surface area contributed by atoms with Gasteiger partial charge in [-0.25, -0.2) is 14.6 Å². The maximum absolute atomic E-state index is 4.58. The number of likely N-dealkylation sites (tertiary alicyclic amines) is 2. The molecule has 0 aliphatic carbocycles. The molecule has 3 aliphatic rings. The molecule has 0 N–H and O–H groups in total. The summed E-state index contributed by atoms with van der Waals surface area (Å²) in [5.41, 5.74) is 2.12. The minimum absolute atomic E-state index is 0.767. The first kappa shape index (κ1) is 19.0. The summed E-state index contributed by atoms with van der Waals surface area (Å²) in [5, 5.41) is 4.57. The zero-order valence-electron chi connectivity index (χ0n) is 17.8. The zero-order chi connectivity index (χ0) is 19.8. The van der Waals surface area contributed by atoms with Crippen LogP contribution in [0.4, 0.5) is 5.82 Å². The molecule has 0 amide bonds. The molecule has 3 fully saturated rings. The van der Waals surface area contributed by atoms with Gasteiger partial charge < -0.3 is 14.7 Å². The van der Waals surface area contributed by atoms with E-state index < -0.39 is 0 Å². The lowest BCUT2D eigenvalue weighted by Crippen LogP contribution is -2.38. The van der Waals surface area contributed by atoms with Gasteiger partial charge in [0.1, 0.15) is 12.1 Å². The van der Waals surface area contributed by atoms with Crippen molar-refractivity contribution in [3.63, 3.8) is 0 Å². The van der Waals surface area contributed by atoms with E-state index in [0.29, 0.717) is 0 Å². The second kappa shape index (κ2) is 8.03. The van der Waals surface area contributed by atoms with Crippen molar-refractivity contribution in [2.24, 2.45) is 11.8 Å². The average molecular weight is 396 g/mol. The molecular formula is C22H33N7. The first-order chi connectivity index (χ1) is 14.2. The van der Waals surface area contributed by atoms with Crippen LogP contribution in [0.25, 0.3) is 5.82 Å². The lowest BCUT2D eigenvalue weighted by atomic mass is 10.0. The van der Waals surface area contributed by atoms with Crippen molar-refractivity contribution in [2.45, 2.75) is 33.1 Å². The molecule has 0 saturated carbocycles. The fraction of sp³-hybridized carbons (Fsp3) is 0.682. The van der Waals surface area contributed by atoms with E-state index >= 15 is 0 Å². The van der Waals surface area contributed by atoms with Crippen molar-refractivity contribution < 1.29 is 0 Å². The van der Waals surface area contributed by atoms with Gasteiger partial charge in [0.15, 0.2) is 5.82 Å². The Hall–Kier alpha value is -1.99.